The topological polar surface area (TPSA) is 111 Å². The van der Waals surface area contributed by atoms with Crippen LogP contribution in [0.2, 0.25) is 0 Å². The molecule has 3 amide bonds. The quantitative estimate of drug-likeness (QED) is 0.191. The number of nitrogens with zero attached hydrogens (tertiary/aromatic N) is 1. The molecule has 1 fully saturated rings. The van der Waals surface area contributed by atoms with E-state index in [0.717, 1.165) is 29.1 Å². The highest BCUT2D eigenvalue weighted by Crippen LogP contribution is 2.36. The molecular formula is C29H36N4O4. The Bertz CT molecular complexity index is 1160. The van der Waals surface area contributed by atoms with Crippen LogP contribution in [0.3, 0.4) is 0 Å². The number of carbonyl (C=O) groups excluding carboxylic acids is 3. The third-order valence-corrected chi connectivity index (χ3v) is 7.32. The van der Waals surface area contributed by atoms with Gasteiger partial charge in [0.1, 0.15) is 0 Å². The molecule has 8 nitrogen and oxygen atoms in total. The molecule has 1 atom stereocenters. The lowest BCUT2D eigenvalue weighted by Crippen LogP contribution is -2.64. The largest absolute Gasteiger partial charge is 0.357 e. The Kier molecular flexibility index (Phi) is 9.09. The van der Waals surface area contributed by atoms with Gasteiger partial charge in [0, 0.05) is 43.9 Å². The van der Waals surface area contributed by atoms with Crippen LogP contribution >= 0.6 is 0 Å². The highest BCUT2D eigenvalue weighted by atomic mass is 16.5. The first kappa shape index (κ1) is 27.9. The van der Waals surface area contributed by atoms with Crippen molar-refractivity contribution in [3.63, 3.8) is 0 Å². The minimum atomic E-state index is -1.94. The number of amides is 3. The van der Waals surface area contributed by atoms with Crippen LogP contribution in [0.25, 0.3) is 0 Å². The Hall–Kier alpha value is -3.67. The highest BCUT2D eigenvalue weighted by Gasteiger charge is 2.47. The van der Waals surface area contributed by atoms with Crippen LogP contribution < -0.4 is 16.1 Å². The van der Waals surface area contributed by atoms with Gasteiger partial charge in [0.05, 0.1) is 0 Å². The van der Waals surface area contributed by atoms with E-state index in [4.69, 9.17) is 5.21 Å². The van der Waals surface area contributed by atoms with Gasteiger partial charge in [-0.25, -0.2) is 5.48 Å². The summed E-state index contributed by atoms with van der Waals surface area (Å²) in [5.41, 5.74) is 3.06. The average molecular weight is 505 g/mol. The van der Waals surface area contributed by atoms with Crippen molar-refractivity contribution in [3.8, 4) is 11.8 Å². The number of carbonyl (C=O) groups is 3. The van der Waals surface area contributed by atoms with E-state index in [0.29, 0.717) is 5.41 Å². The summed E-state index contributed by atoms with van der Waals surface area (Å²) >= 11 is 0. The molecule has 8 heteroatoms. The first-order valence-corrected chi connectivity index (χ1v) is 12.5. The van der Waals surface area contributed by atoms with Crippen molar-refractivity contribution < 1.29 is 19.6 Å². The monoisotopic (exact) mass is 504 g/mol. The Labute approximate surface area is 218 Å². The van der Waals surface area contributed by atoms with E-state index < -0.39 is 23.3 Å². The molecule has 0 saturated heterocycles. The van der Waals surface area contributed by atoms with Gasteiger partial charge in [0.15, 0.2) is 5.54 Å². The summed E-state index contributed by atoms with van der Waals surface area (Å²) in [6.07, 6.45) is 5.28. The number of rotatable bonds is 8. The van der Waals surface area contributed by atoms with Crippen LogP contribution in [-0.2, 0) is 16.1 Å². The maximum Gasteiger partial charge on any atom is 0.278 e. The molecule has 3 rings (SSSR count). The predicted molar refractivity (Wildman–Crippen MR) is 142 cm³/mol. The molecule has 0 radical (unpaired) electrons. The highest BCUT2D eigenvalue weighted by molar-refractivity contribution is 6.12. The maximum absolute atomic E-state index is 13.0. The van der Waals surface area contributed by atoms with Crippen LogP contribution in [-0.4, -0.2) is 54.0 Å². The van der Waals surface area contributed by atoms with E-state index in [1.165, 1.54) is 57.7 Å². The number of nitrogens with one attached hydrogen (secondary N) is 3. The molecule has 0 bridgehead atoms. The minimum absolute atomic E-state index is 0.275. The Morgan fingerprint density at radius 3 is 2.03 bits per heavy atom. The van der Waals surface area contributed by atoms with Gasteiger partial charge in [-0.1, -0.05) is 43.7 Å². The lowest BCUT2D eigenvalue weighted by molar-refractivity contribution is -0.148. The first-order chi connectivity index (χ1) is 17.6. The zero-order valence-corrected chi connectivity index (χ0v) is 22.0. The van der Waals surface area contributed by atoms with Crippen LogP contribution in [0.4, 0.5) is 0 Å². The van der Waals surface area contributed by atoms with Crippen molar-refractivity contribution in [2.45, 2.75) is 51.6 Å². The molecule has 0 spiro atoms. The van der Waals surface area contributed by atoms with Crippen molar-refractivity contribution in [1.29, 1.82) is 0 Å². The Morgan fingerprint density at radius 1 is 0.973 bits per heavy atom. The lowest BCUT2D eigenvalue weighted by Gasteiger charge is -2.34. The van der Waals surface area contributed by atoms with Crippen LogP contribution in [0.1, 0.15) is 66.6 Å². The summed E-state index contributed by atoms with van der Waals surface area (Å²) < 4.78 is 0. The summed E-state index contributed by atoms with van der Waals surface area (Å²) in [6.45, 7) is 5.50. The summed E-state index contributed by atoms with van der Waals surface area (Å²) in [7, 11) is 2.67. The van der Waals surface area contributed by atoms with Gasteiger partial charge < -0.3 is 15.5 Å². The predicted octanol–water partition coefficient (Wildman–Crippen LogP) is 2.84. The summed E-state index contributed by atoms with van der Waals surface area (Å²) in [6, 6.07) is 14.8. The van der Waals surface area contributed by atoms with E-state index in [2.05, 4.69) is 41.5 Å². The second-order valence-electron chi connectivity index (χ2n) is 10.1. The molecule has 37 heavy (non-hydrogen) atoms. The zero-order chi connectivity index (χ0) is 27.1. The van der Waals surface area contributed by atoms with E-state index >= 15 is 0 Å². The van der Waals surface area contributed by atoms with E-state index in [9.17, 15) is 14.4 Å². The fraction of sp³-hybridized carbons (Fsp3) is 0.414. The van der Waals surface area contributed by atoms with Gasteiger partial charge >= 0.3 is 0 Å². The van der Waals surface area contributed by atoms with Crippen molar-refractivity contribution in [3.05, 3.63) is 70.8 Å². The van der Waals surface area contributed by atoms with E-state index in [-0.39, 0.29) is 5.56 Å². The molecule has 4 N–H and O–H groups in total. The number of hydrogen-bond donors (Lipinski definition) is 4. The summed E-state index contributed by atoms with van der Waals surface area (Å²) in [5.74, 6) is 3.92. The Balaban J connectivity index is 1.61. The normalized spacial score (nSPS) is 15.6. The molecule has 0 heterocycles. The maximum atomic E-state index is 13.0. The molecule has 196 valence electrons. The molecule has 0 aliphatic heterocycles. The molecule has 2 aromatic carbocycles. The molecule has 1 saturated carbocycles. The second-order valence-corrected chi connectivity index (χ2v) is 10.1. The van der Waals surface area contributed by atoms with Gasteiger partial charge in [-0.15, -0.1) is 0 Å². The van der Waals surface area contributed by atoms with E-state index in [1.807, 2.05) is 12.1 Å². The Morgan fingerprint density at radius 2 is 1.51 bits per heavy atom. The number of likely N-dealkylation sites (N-methyl/N-ethyl adjacent to an activating group) is 2. The fourth-order valence-corrected chi connectivity index (χ4v) is 4.62. The van der Waals surface area contributed by atoms with Crippen LogP contribution in [0.15, 0.2) is 48.5 Å². The summed E-state index contributed by atoms with van der Waals surface area (Å²) in [4.78, 5) is 38.5. The van der Waals surface area contributed by atoms with Crippen molar-refractivity contribution >= 4 is 17.7 Å². The van der Waals surface area contributed by atoms with Crippen molar-refractivity contribution in [2.24, 2.45) is 5.41 Å². The van der Waals surface area contributed by atoms with Crippen molar-refractivity contribution in [1.82, 2.24) is 21.0 Å². The number of hydroxylamine groups is 1. The fourth-order valence-electron chi connectivity index (χ4n) is 4.62. The lowest BCUT2D eigenvalue weighted by atomic mass is 9.89. The molecule has 0 aromatic heterocycles. The number of hydrogen-bond acceptors (Lipinski definition) is 5. The van der Waals surface area contributed by atoms with Crippen LogP contribution in [0.5, 0.6) is 0 Å². The van der Waals surface area contributed by atoms with Gasteiger partial charge in [0.25, 0.3) is 17.7 Å². The number of benzene rings is 2. The molecule has 1 aliphatic carbocycles. The average Bonchev–Trinajstić information content (AvgIpc) is 3.36. The third kappa shape index (κ3) is 6.56. The van der Waals surface area contributed by atoms with Crippen LogP contribution in [0, 0.1) is 17.3 Å². The smallest absolute Gasteiger partial charge is 0.278 e. The SMILES string of the molecule is CNC(=O)[C@@](C)(C(=O)NO)N(C)C(=O)c1ccc(C#Cc2ccc(CNCC3(C)CCCC3)cc2)cc1. The second kappa shape index (κ2) is 12.0. The molecule has 1 aliphatic rings. The van der Waals surface area contributed by atoms with Gasteiger partial charge in [-0.2, -0.15) is 0 Å². The van der Waals surface area contributed by atoms with Gasteiger partial charge in [0.2, 0.25) is 0 Å². The summed E-state index contributed by atoms with van der Waals surface area (Å²) in [5, 5.41) is 15.0. The first-order valence-electron chi connectivity index (χ1n) is 12.5. The standard InChI is InChI=1S/C29H36N4O4/c1-28(17-5-6-18-28)20-31-19-23-11-9-21(10-12-23)7-8-22-13-15-24(16-14-22)25(34)33(4)29(2,26(35)30-3)27(36)32-37/h9-16,31,37H,5-6,17-20H2,1-4H3,(H,30,35)(H,32,36)/t29-/m0/s1. The minimum Gasteiger partial charge on any atom is -0.357 e. The zero-order valence-electron chi connectivity index (χ0n) is 22.0. The van der Waals surface area contributed by atoms with Gasteiger partial charge in [-0.05, 0) is 67.1 Å². The molecular weight excluding hydrogens is 468 g/mol. The molecule has 2 aromatic rings. The van der Waals surface area contributed by atoms with Crippen molar-refractivity contribution in [2.75, 3.05) is 20.6 Å². The van der Waals surface area contributed by atoms with E-state index in [1.54, 1.807) is 24.3 Å². The third-order valence-electron chi connectivity index (χ3n) is 7.32. The van der Waals surface area contributed by atoms with Gasteiger partial charge in [-0.3, -0.25) is 19.6 Å². The molecule has 0 unspecified atom stereocenters.